The van der Waals surface area contributed by atoms with E-state index in [1.165, 1.54) is 12.3 Å². The van der Waals surface area contributed by atoms with Gasteiger partial charge in [0.2, 0.25) is 0 Å². The molecule has 0 amide bonds. The van der Waals surface area contributed by atoms with E-state index < -0.39 is 20.0 Å². The molecule has 1 aromatic heterocycles. The van der Waals surface area contributed by atoms with Gasteiger partial charge in [0.1, 0.15) is 0 Å². The molecule has 0 aliphatic carbocycles. The lowest BCUT2D eigenvalue weighted by molar-refractivity contribution is -0.137. The average molecular weight is 291 g/mol. The normalized spacial score (nSPS) is 13.9. The molecule has 0 N–H and O–H groups in total. The number of hydrogen-bond donors (Lipinski definition) is 0. The van der Waals surface area contributed by atoms with Crippen LogP contribution in [-0.2, 0) is 6.18 Å². The lowest BCUT2D eigenvalue weighted by Crippen LogP contribution is -2.51. The number of rotatable bonds is 4. The Morgan fingerprint density at radius 2 is 1.37 bits per heavy atom. The van der Waals surface area contributed by atoms with Gasteiger partial charge < -0.3 is 4.23 Å². The van der Waals surface area contributed by atoms with Gasteiger partial charge in [-0.3, -0.25) is 0 Å². The summed E-state index contributed by atoms with van der Waals surface area (Å²) in [4.78, 5) is 0. The highest BCUT2D eigenvalue weighted by Gasteiger charge is 2.46. The van der Waals surface area contributed by atoms with Crippen molar-refractivity contribution in [2.45, 2.75) is 64.3 Å². The maximum Gasteiger partial charge on any atom is 0.417 e. The van der Waals surface area contributed by atoms with E-state index in [2.05, 4.69) is 41.5 Å². The van der Waals surface area contributed by atoms with E-state index in [1.807, 2.05) is 4.23 Å². The van der Waals surface area contributed by atoms with Crippen molar-refractivity contribution >= 4 is 8.24 Å². The summed E-state index contributed by atoms with van der Waals surface area (Å²) in [7, 11) is -2.04. The Hall–Kier alpha value is -0.713. The van der Waals surface area contributed by atoms with Gasteiger partial charge in [-0.1, -0.05) is 41.5 Å². The van der Waals surface area contributed by atoms with E-state index in [-0.39, 0.29) is 0 Å². The Balaban J connectivity index is 3.38. The van der Waals surface area contributed by atoms with Crippen LogP contribution in [0.25, 0.3) is 0 Å². The van der Waals surface area contributed by atoms with E-state index in [1.54, 1.807) is 6.20 Å². The van der Waals surface area contributed by atoms with Crippen LogP contribution < -0.4 is 0 Å². The van der Waals surface area contributed by atoms with Gasteiger partial charge in [-0.2, -0.15) is 13.2 Å². The number of alkyl halides is 3. The molecule has 0 aromatic carbocycles. The SMILES string of the molecule is CC(C)[Si](C(C)C)(C(C)C)n1ccc(C(F)(F)F)c1. The van der Waals surface area contributed by atoms with Crippen LogP contribution in [0, 0.1) is 0 Å². The quantitative estimate of drug-likeness (QED) is 0.643. The van der Waals surface area contributed by atoms with Crippen molar-refractivity contribution in [1.29, 1.82) is 0 Å². The molecule has 0 fully saturated rings. The topological polar surface area (TPSA) is 4.93 Å². The molecule has 0 spiro atoms. The third kappa shape index (κ3) is 2.76. The van der Waals surface area contributed by atoms with Crippen molar-refractivity contribution in [1.82, 2.24) is 4.23 Å². The van der Waals surface area contributed by atoms with Crippen LogP contribution in [0.1, 0.15) is 47.1 Å². The highest BCUT2D eigenvalue weighted by Crippen LogP contribution is 2.43. The fourth-order valence-corrected chi connectivity index (χ4v) is 10.2. The summed E-state index contributed by atoms with van der Waals surface area (Å²) in [5.74, 6) is 0. The van der Waals surface area contributed by atoms with Gasteiger partial charge >= 0.3 is 6.18 Å². The molecule has 19 heavy (non-hydrogen) atoms. The summed E-state index contributed by atoms with van der Waals surface area (Å²) in [5.41, 5.74) is 0.634. The second-order valence-electron chi connectivity index (χ2n) is 6.16. The first kappa shape index (κ1) is 16.3. The van der Waals surface area contributed by atoms with Crippen LogP contribution in [0.5, 0.6) is 0 Å². The summed E-state index contributed by atoms with van der Waals surface area (Å²) in [6.07, 6.45) is -1.31. The Morgan fingerprint density at radius 1 is 0.947 bits per heavy atom. The maximum atomic E-state index is 12.8. The first-order valence-electron chi connectivity index (χ1n) is 6.80. The molecule has 1 heterocycles. The van der Waals surface area contributed by atoms with Crippen LogP contribution in [0.3, 0.4) is 0 Å². The zero-order valence-corrected chi connectivity index (χ0v) is 13.5. The molecule has 1 aromatic rings. The van der Waals surface area contributed by atoms with Crippen molar-refractivity contribution in [2.75, 3.05) is 0 Å². The van der Waals surface area contributed by atoms with E-state index in [0.717, 1.165) is 0 Å². The van der Waals surface area contributed by atoms with Crippen molar-refractivity contribution < 1.29 is 13.2 Å². The van der Waals surface area contributed by atoms with E-state index in [9.17, 15) is 13.2 Å². The molecule has 0 unspecified atom stereocenters. The van der Waals surface area contributed by atoms with E-state index in [0.29, 0.717) is 16.6 Å². The van der Waals surface area contributed by atoms with Crippen LogP contribution >= 0.6 is 0 Å². The van der Waals surface area contributed by atoms with Gasteiger partial charge in [0.15, 0.2) is 8.24 Å². The van der Waals surface area contributed by atoms with Gasteiger partial charge in [0, 0.05) is 6.20 Å². The van der Waals surface area contributed by atoms with E-state index in [4.69, 9.17) is 0 Å². The molecule has 0 aliphatic heterocycles. The van der Waals surface area contributed by atoms with Crippen LogP contribution in [-0.4, -0.2) is 12.5 Å². The van der Waals surface area contributed by atoms with Gasteiger partial charge in [0.05, 0.1) is 5.56 Å². The largest absolute Gasteiger partial charge is 0.417 e. The summed E-state index contributed by atoms with van der Waals surface area (Å²) < 4.78 is 40.3. The summed E-state index contributed by atoms with van der Waals surface area (Å²) >= 11 is 0. The molecule has 1 rings (SSSR count). The van der Waals surface area contributed by atoms with Crippen LogP contribution in [0.2, 0.25) is 16.6 Å². The van der Waals surface area contributed by atoms with Gasteiger partial charge in [-0.15, -0.1) is 0 Å². The third-order valence-corrected chi connectivity index (χ3v) is 11.0. The minimum Gasteiger partial charge on any atom is -0.379 e. The molecule has 1 nitrogen and oxygen atoms in total. The van der Waals surface area contributed by atoms with Crippen molar-refractivity contribution in [2.24, 2.45) is 0 Å². The summed E-state index contributed by atoms with van der Waals surface area (Å²) in [5, 5.41) is 0. The fourth-order valence-electron chi connectivity index (χ4n) is 3.70. The van der Waals surface area contributed by atoms with Crippen molar-refractivity contribution in [3.05, 3.63) is 24.0 Å². The monoisotopic (exact) mass is 291 g/mol. The maximum absolute atomic E-state index is 12.8. The molecule has 0 atom stereocenters. The Labute approximate surface area is 114 Å². The zero-order valence-electron chi connectivity index (χ0n) is 12.5. The molecular formula is C14H24F3NSi. The number of aromatic nitrogens is 1. The highest BCUT2D eigenvalue weighted by molar-refractivity contribution is 6.82. The minimum atomic E-state index is -4.25. The van der Waals surface area contributed by atoms with Crippen LogP contribution in [0.4, 0.5) is 13.2 Å². The Bertz CT molecular complexity index is 397. The van der Waals surface area contributed by atoms with Gasteiger partial charge in [0.25, 0.3) is 0 Å². The second kappa shape index (κ2) is 5.35. The fraction of sp³-hybridized carbons (Fsp3) is 0.714. The molecule has 110 valence electrons. The second-order valence-corrected chi connectivity index (χ2v) is 11.9. The average Bonchev–Trinajstić information content (AvgIpc) is 2.65. The number of nitrogens with zero attached hydrogens (tertiary/aromatic N) is 1. The lowest BCUT2D eigenvalue weighted by Gasteiger charge is -2.44. The van der Waals surface area contributed by atoms with Crippen molar-refractivity contribution in [3.63, 3.8) is 0 Å². The Morgan fingerprint density at radius 3 is 1.63 bits per heavy atom. The molecule has 0 bridgehead atoms. The molecule has 0 aliphatic rings. The minimum absolute atomic E-state index is 0.390. The predicted octanol–water partition coefficient (Wildman–Crippen LogP) is 5.53. The van der Waals surface area contributed by atoms with Gasteiger partial charge in [-0.05, 0) is 28.9 Å². The zero-order chi connectivity index (χ0) is 15.0. The molecular weight excluding hydrogens is 267 g/mol. The van der Waals surface area contributed by atoms with Crippen molar-refractivity contribution in [3.8, 4) is 0 Å². The smallest absolute Gasteiger partial charge is 0.379 e. The summed E-state index contributed by atoms with van der Waals surface area (Å²) in [6, 6.07) is 1.20. The standard InChI is InChI=1S/C14H24F3NSi/c1-10(2)19(11(3)4,12(5)6)18-8-7-13(9-18)14(15,16)17/h7-12H,1-6H3. The third-order valence-electron chi connectivity index (χ3n) is 4.24. The van der Waals surface area contributed by atoms with E-state index >= 15 is 0 Å². The highest BCUT2D eigenvalue weighted by atomic mass is 28.3. The van der Waals surface area contributed by atoms with Crippen LogP contribution in [0.15, 0.2) is 18.5 Å². The Kier molecular flexibility index (Phi) is 4.60. The molecule has 0 saturated heterocycles. The number of hydrogen-bond acceptors (Lipinski definition) is 0. The molecule has 5 heteroatoms. The van der Waals surface area contributed by atoms with Gasteiger partial charge in [-0.25, -0.2) is 0 Å². The first-order chi connectivity index (χ1) is 8.54. The lowest BCUT2D eigenvalue weighted by atomic mass is 10.3. The predicted molar refractivity (Wildman–Crippen MR) is 75.9 cm³/mol. The summed E-state index contributed by atoms with van der Waals surface area (Å²) in [6.45, 7) is 12.8. The number of halogens is 3. The molecule has 0 radical (unpaired) electrons. The molecule has 0 saturated carbocycles. The first-order valence-corrected chi connectivity index (χ1v) is 8.98.